The van der Waals surface area contributed by atoms with Gasteiger partial charge < -0.3 is 11.5 Å². The first kappa shape index (κ1) is 13.0. The van der Waals surface area contributed by atoms with Crippen LogP contribution in [0.1, 0.15) is 5.56 Å². The number of rotatable bonds is 6. The zero-order valence-electron chi connectivity index (χ0n) is 9.13. The standard InChI is InChI=1S/C11H17F2N3/c12-10-2-1-9(7-11(10)13)8-16(5-3-14)6-4-15/h1-2,7H,3-6,8,14-15H2. The van der Waals surface area contributed by atoms with Gasteiger partial charge in [0.2, 0.25) is 0 Å². The molecule has 1 rings (SSSR count). The van der Waals surface area contributed by atoms with Gasteiger partial charge in [-0.05, 0) is 17.7 Å². The largest absolute Gasteiger partial charge is 0.329 e. The Kier molecular flexibility index (Phi) is 5.31. The van der Waals surface area contributed by atoms with Crippen LogP contribution in [-0.4, -0.2) is 31.1 Å². The van der Waals surface area contributed by atoms with Crippen molar-refractivity contribution in [2.75, 3.05) is 26.2 Å². The van der Waals surface area contributed by atoms with E-state index in [0.717, 1.165) is 11.6 Å². The minimum absolute atomic E-state index is 0.518. The summed E-state index contributed by atoms with van der Waals surface area (Å²) in [4.78, 5) is 2.01. The second kappa shape index (κ2) is 6.52. The summed E-state index contributed by atoms with van der Waals surface area (Å²) in [7, 11) is 0. The topological polar surface area (TPSA) is 55.3 Å². The average molecular weight is 229 g/mol. The number of benzene rings is 1. The summed E-state index contributed by atoms with van der Waals surface area (Å²) in [5, 5.41) is 0. The monoisotopic (exact) mass is 229 g/mol. The molecule has 0 aliphatic carbocycles. The van der Waals surface area contributed by atoms with Gasteiger partial charge in [-0.3, -0.25) is 4.90 Å². The van der Waals surface area contributed by atoms with Crippen molar-refractivity contribution in [1.29, 1.82) is 0 Å². The Bertz CT molecular complexity index is 325. The van der Waals surface area contributed by atoms with Gasteiger partial charge in [-0.2, -0.15) is 0 Å². The number of hydrogen-bond donors (Lipinski definition) is 2. The van der Waals surface area contributed by atoms with Crippen LogP contribution in [-0.2, 0) is 6.54 Å². The molecule has 0 fully saturated rings. The van der Waals surface area contributed by atoms with Crippen LogP contribution >= 0.6 is 0 Å². The third kappa shape index (κ3) is 3.84. The molecular weight excluding hydrogens is 212 g/mol. The number of hydrogen-bond acceptors (Lipinski definition) is 3. The second-order valence-electron chi connectivity index (χ2n) is 3.60. The van der Waals surface area contributed by atoms with E-state index in [-0.39, 0.29) is 0 Å². The van der Waals surface area contributed by atoms with Gasteiger partial charge in [0.1, 0.15) is 0 Å². The lowest BCUT2D eigenvalue weighted by molar-refractivity contribution is 0.280. The van der Waals surface area contributed by atoms with Crippen molar-refractivity contribution in [3.63, 3.8) is 0 Å². The van der Waals surface area contributed by atoms with E-state index < -0.39 is 11.6 Å². The van der Waals surface area contributed by atoms with E-state index in [0.29, 0.717) is 32.7 Å². The van der Waals surface area contributed by atoms with Gasteiger partial charge in [0, 0.05) is 32.7 Å². The Morgan fingerprint density at radius 2 is 1.62 bits per heavy atom. The number of nitrogens with two attached hydrogens (primary N) is 2. The van der Waals surface area contributed by atoms with Gasteiger partial charge >= 0.3 is 0 Å². The van der Waals surface area contributed by atoms with Gasteiger partial charge in [0.25, 0.3) is 0 Å². The Morgan fingerprint density at radius 1 is 1.00 bits per heavy atom. The molecule has 3 nitrogen and oxygen atoms in total. The highest BCUT2D eigenvalue weighted by Crippen LogP contribution is 2.10. The van der Waals surface area contributed by atoms with Crippen LogP contribution in [0.3, 0.4) is 0 Å². The van der Waals surface area contributed by atoms with E-state index in [1.807, 2.05) is 4.90 Å². The molecule has 0 aliphatic rings. The van der Waals surface area contributed by atoms with E-state index in [4.69, 9.17) is 11.5 Å². The minimum Gasteiger partial charge on any atom is -0.329 e. The van der Waals surface area contributed by atoms with Crippen molar-refractivity contribution in [2.45, 2.75) is 6.54 Å². The van der Waals surface area contributed by atoms with Crippen molar-refractivity contribution >= 4 is 0 Å². The zero-order valence-corrected chi connectivity index (χ0v) is 9.13. The van der Waals surface area contributed by atoms with Crippen molar-refractivity contribution in [3.05, 3.63) is 35.4 Å². The highest BCUT2D eigenvalue weighted by Gasteiger charge is 2.07. The van der Waals surface area contributed by atoms with Crippen LogP contribution in [0.4, 0.5) is 8.78 Å². The molecule has 5 heteroatoms. The molecule has 0 amide bonds. The molecule has 1 aromatic rings. The summed E-state index contributed by atoms with van der Waals surface area (Å²) < 4.78 is 25.7. The Morgan fingerprint density at radius 3 is 2.12 bits per heavy atom. The number of halogens is 2. The Labute approximate surface area is 94.0 Å². The van der Waals surface area contributed by atoms with Gasteiger partial charge in [-0.1, -0.05) is 6.07 Å². The van der Waals surface area contributed by atoms with Gasteiger partial charge in [0.15, 0.2) is 11.6 Å². The first-order valence-electron chi connectivity index (χ1n) is 5.23. The lowest BCUT2D eigenvalue weighted by Crippen LogP contribution is -2.33. The molecule has 0 aliphatic heterocycles. The van der Waals surface area contributed by atoms with Gasteiger partial charge in [-0.25, -0.2) is 8.78 Å². The highest BCUT2D eigenvalue weighted by atomic mass is 19.2. The summed E-state index contributed by atoms with van der Waals surface area (Å²) in [5.41, 5.74) is 11.6. The van der Waals surface area contributed by atoms with Crippen molar-refractivity contribution < 1.29 is 8.78 Å². The van der Waals surface area contributed by atoms with Crippen LogP contribution in [0.5, 0.6) is 0 Å². The summed E-state index contributed by atoms with van der Waals surface area (Å²) in [5.74, 6) is -1.65. The Hall–Kier alpha value is -1.04. The molecule has 90 valence electrons. The second-order valence-corrected chi connectivity index (χ2v) is 3.60. The van der Waals surface area contributed by atoms with Gasteiger partial charge in [-0.15, -0.1) is 0 Å². The first-order chi connectivity index (χ1) is 7.67. The predicted octanol–water partition coefficient (Wildman–Crippen LogP) is 0.684. The molecule has 0 saturated heterocycles. The molecule has 0 atom stereocenters. The summed E-state index contributed by atoms with van der Waals surface area (Å²) in [6.45, 7) is 2.95. The number of nitrogens with zero attached hydrogens (tertiary/aromatic N) is 1. The third-order valence-corrected chi connectivity index (χ3v) is 2.28. The fourth-order valence-electron chi connectivity index (χ4n) is 1.53. The van der Waals surface area contributed by atoms with E-state index in [1.165, 1.54) is 6.07 Å². The fourth-order valence-corrected chi connectivity index (χ4v) is 1.53. The Balaban J connectivity index is 2.65. The predicted molar refractivity (Wildman–Crippen MR) is 59.7 cm³/mol. The maximum Gasteiger partial charge on any atom is 0.159 e. The van der Waals surface area contributed by atoms with Gasteiger partial charge in [0.05, 0.1) is 0 Å². The first-order valence-corrected chi connectivity index (χ1v) is 5.23. The maximum atomic E-state index is 13.0. The normalized spacial score (nSPS) is 11.1. The van der Waals surface area contributed by atoms with Crippen molar-refractivity contribution in [3.8, 4) is 0 Å². The summed E-state index contributed by atoms with van der Waals surface area (Å²) >= 11 is 0. The van der Waals surface area contributed by atoms with Crippen LogP contribution in [0.2, 0.25) is 0 Å². The van der Waals surface area contributed by atoms with Crippen molar-refractivity contribution in [2.24, 2.45) is 11.5 Å². The maximum absolute atomic E-state index is 13.0. The lowest BCUT2D eigenvalue weighted by Gasteiger charge is -2.20. The molecule has 4 N–H and O–H groups in total. The van der Waals surface area contributed by atoms with Crippen LogP contribution in [0.25, 0.3) is 0 Å². The zero-order chi connectivity index (χ0) is 12.0. The van der Waals surface area contributed by atoms with Crippen LogP contribution in [0, 0.1) is 11.6 Å². The molecule has 0 unspecified atom stereocenters. The molecule has 0 bridgehead atoms. The van der Waals surface area contributed by atoms with E-state index in [9.17, 15) is 8.78 Å². The molecule has 0 radical (unpaired) electrons. The van der Waals surface area contributed by atoms with Crippen LogP contribution < -0.4 is 11.5 Å². The summed E-state index contributed by atoms with van der Waals surface area (Å²) in [6, 6.07) is 3.90. The molecule has 0 saturated carbocycles. The fraction of sp³-hybridized carbons (Fsp3) is 0.455. The molecule has 16 heavy (non-hydrogen) atoms. The SMILES string of the molecule is NCCN(CCN)Cc1ccc(F)c(F)c1. The molecule has 0 heterocycles. The minimum atomic E-state index is -0.826. The average Bonchev–Trinajstić information content (AvgIpc) is 2.24. The van der Waals surface area contributed by atoms with E-state index in [1.54, 1.807) is 6.07 Å². The third-order valence-electron chi connectivity index (χ3n) is 2.28. The molecule has 0 aromatic heterocycles. The summed E-state index contributed by atoms with van der Waals surface area (Å²) in [6.07, 6.45) is 0. The smallest absolute Gasteiger partial charge is 0.159 e. The quantitative estimate of drug-likeness (QED) is 0.754. The molecule has 1 aromatic carbocycles. The van der Waals surface area contributed by atoms with E-state index >= 15 is 0 Å². The van der Waals surface area contributed by atoms with Crippen LogP contribution in [0.15, 0.2) is 18.2 Å². The molecule has 0 spiro atoms. The highest BCUT2D eigenvalue weighted by molar-refractivity contribution is 5.17. The van der Waals surface area contributed by atoms with Crippen molar-refractivity contribution in [1.82, 2.24) is 4.90 Å². The lowest BCUT2D eigenvalue weighted by atomic mass is 10.2. The molecular formula is C11H17F2N3. The van der Waals surface area contributed by atoms with E-state index in [2.05, 4.69) is 0 Å².